The number of halogens is 1. The van der Waals surface area contributed by atoms with E-state index >= 15 is 0 Å². The first-order chi connectivity index (χ1) is 9.38. The molecule has 0 aliphatic rings. The summed E-state index contributed by atoms with van der Waals surface area (Å²) >= 11 is 5.79. The molecule has 0 unspecified atom stereocenters. The van der Waals surface area contributed by atoms with Crippen molar-refractivity contribution in [3.8, 4) is 0 Å². The van der Waals surface area contributed by atoms with Crippen LogP contribution in [0.25, 0.3) is 6.08 Å². The second-order valence-electron chi connectivity index (χ2n) is 3.82. The summed E-state index contributed by atoms with van der Waals surface area (Å²) in [5.41, 5.74) is 5.48. The summed E-state index contributed by atoms with van der Waals surface area (Å²) < 4.78 is 4.79. The van der Waals surface area contributed by atoms with Gasteiger partial charge in [-0.05, 0) is 30.7 Å². The minimum absolute atomic E-state index is 0.537. The quantitative estimate of drug-likeness (QED) is 0.649. The van der Waals surface area contributed by atoms with Crippen LogP contribution in [-0.2, 0) is 14.3 Å². The van der Waals surface area contributed by atoms with Gasteiger partial charge in [-0.15, -0.1) is 0 Å². The van der Waals surface area contributed by atoms with Crippen molar-refractivity contribution in [2.45, 2.75) is 13.0 Å². The number of carbonyl (C=O) groups is 3. The van der Waals surface area contributed by atoms with Gasteiger partial charge in [0.15, 0.2) is 6.10 Å². The predicted molar refractivity (Wildman–Crippen MR) is 73.8 cm³/mol. The fourth-order valence-corrected chi connectivity index (χ4v) is 1.46. The van der Waals surface area contributed by atoms with Crippen LogP contribution in [0.4, 0.5) is 4.79 Å². The Kier molecular flexibility index (Phi) is 5.74. The maximum Gasteiger partial charge on any atom is 0.331 e. The lowest BCUT2D eigenvalue weighted by Gasteiger charge is -2.10. The highest BCUT2D eigenvalue weighted by molar-refractivity contribution is 6.30. The van der Waals surface area contributed by atoms with Crippen LogP contribution in [0.3, 0.4) is 0 Å². The van der Waals surface area contributed by atoms with Crippen molar-refractivity contribution < 1.29 is 19.1 Å². The van der Waals surface area contributed by atoms with Crippen LogP contribution in [-0.4, -0.2) is 24.0 Å². The number of primary amides is 1. The minimum Gasteiger partial charge on any atom is -0.449 e. The first-order valence-corrected chi connectivity index (χ1v) is 6.01. The third-order valence-electron chi connectivity index (χ3n) is 2.17. The number of urea groups is 1. The van der Waals surface area contributed by atoms with Crippen LogP contribution in [0.15, 0.2) is 30.3 Å². The molecule has 20 heavy (non-hydrogen) atoms. The van der Waals surface area contributed by atoms with Crippen molar-refractivity contribution >= 4 is 35.6 Å². The molecule has 0 aliphatic heterocycles. The van der Waals surface area contributed by atoms with Crippen LogP contribution in [0.5, 0.6) is 0 Å². The third kappa shape index (κ3) is 5.53. The van der Waals surface area contributed by atoms with Crippen LogP contribution in [0.2, 0.25) is 5.02 Å². The fraction of sp³-hybridized carbons (Fsp3) is 0.154. The van der Waals surface area contributed by atoms with E-state index in [2.05, 4.69) is 0 Å². The van der Waals surface area contributed by atoms with Gasteiger partial charge in [0.2, 0.25) is 0 Å². The lowest BCUT2D eigenvalue weighted by molar-refractivity contribution is -0.149. The van der Waals surface area contributed by atoms with Gasteiger partial charge >= 0.3 is 12.0 Å². The molecule has 0 saturated heterocycles. The first-order valence-electron chi connectivity index (χ1n) is 5.63. The van der Waals surface area contributed by atoms with Gasteiger partial charge in [0.05, 0.1) is 0 Å². The summed E-state index contributed by atoms with van der Waals surface area (Å²) in [6.45, 7) is 1.32. The Morgan fingerprint density at radius 3 is 2.70 bits per heavy atom. The van der Waals surface area contributed by atoms with Gasteiger partial charge in [0.1, 0.15) is 0 Å². The summed E-state index contributed by atoms with van der Waals surface area (Å²) in [4.78, 5) is 33.2. The zero-order valence-electron chi connectivity index (χ0n) is 10.6. The molecule has 0 saturated carbocycles. The number of amides is 3. The van der Waals surface area contributed by atoms with Crippen LogP contribution >= 0.6 is 11.6 Å². The maximum absolute atomic E-state index is 11.5. The number of rotatable bonds is 4. The van der Waals surface area contributed by atoms with E-state index in [1.165, 1.54) is 13.0 Å². The van der Waals surface area contributed by atoms with E-state index in [1.807, 2.05) is 5.32 Å². The smallest absolute Gasteiger partial charge is 0.331 e. The Bertz CT molecular complexity index is 557. The fourth-order valence-electron chi connectivity index (χ4n) is 1.26. The van der Waals surface area contributed by atoms with Crippen molar-refractivity contribution in [2.75, 3.05) is 0 Å². The minimum atomic E-state index is -1.13. The molecule has 0 spiro atoms. The average Bonchev–Trinajstić information content (AvgIpc) is 2.35. The second-order valence-corrected chi connectivity index (χ2v) is 4.26. The number of benzene rings is 1. The molecule has 0 bridgehead atoms. The number of esters is 1. The molecule has 0 radical (unpaired) electrons. The summed E-state index contributed by atoms with van der Waals surface area (Å²) in [5, 5.41) is 2.35. The zero-order chi connectivity index (χ0) is 15.1. The van der Waals surface area contributed by atoms with E-state index in [1.54, 1.807) is 24.3 Å². The van der Waals surface area contributed by atoms with Gasteiger partial charge < -0.3 is 10.5 Å². The molecule has 0 heterocycles. The molecule has 1 aromatic rings. The average molecular weight is 297 g/mol. The topological polar surface area (TPSA) is 98.5 Å². The molecule has 1 aromatic carbocycles. The molecule has 1 atom stereocenters. The number of nitrogens with one attached hydrogen (secondary N) is 1. The van der Waals surface area contributed by atoms with Gasteiger partial charge in [-0.2, -0.15) is 0 Å². The van der Waals surface area contributed by atoms with E-state index in [0.717, 1.165) is 6.08 Å². The normalized spacial score (nSPS) is 11.9. The van der Waals surface area contributed by atoms with Crippen molar-refractivity contribution in [3.05, 3.63) is 40.9 Å². The highest BCUT2D eigenvalue weighted by atomic mass is 35.5. The maximum atomic E-state index is 11.5. The predicted octanol–water partition coefficient (Wildman–Crippen LogP) is 1.48. The summed E-state index contributed by atoms with van der Waals surface area (Å²) in [7, 11) is 0. The molecule has 3 amide bonds. The molecular weight excluding hydrogens is 284 g/mol. The van der Waals surface area contributed by atoms with Gasteiger partial charge in [-0.1, -0.05) is 23.7 Å². The van der Waals surface area contributed by atoms with E-state index in [4.69, 9.17) is 22.1 Å². The van der Waals surface area contributed by atoms with Crippen molar-refractivity contribution in [2.24, 2.45) is 5.73 Å². The first kappa shape index (κ1) is 15.7. The third-order valence-corrected chi connectivity index (χ3v) is 2.40. The molecule has 7 heteroatoms. The second kappa shape index (κ2) is 7.30. The highest BCUT2D eigenvalue weighted by Gasteiger charge is 2.17. The number of hydrogen-bond donors (Lipinski definition) is 2. The zero-order valence-corrected chi connectivity index (χ0v) is 11.4. The lowest BCUT2D eigenvalue weighted by Crippen LogP contribution is -2.42. The highest BCUT2D eigenvalue weighted by Crippen LogP contribution is 2.11. The van der Waals surface area contributed by atoms with E-state index in [-0.39, 0.29) is 0 Å². The number of imide groups is 1. The number of carbonyl (C=O) groups excluding carboxylic acids is 3. The summed E-state index contributed by atoms with van der Waals surface area (Å²) in [6.07, 6.45) is 1.52. The van der Waals surface area contributed by atoms with Gasteiger partial charge in [0, 0.05) is 11.1 Å². The Morgan fingerprint density at radius 2 is 2.10 bits per heavy atom. The standard InChI is InChI=1S/C13H13ClN2O4/c1-8(12(18)16-13(15)19)20-11(17)6-5-9-3-2-4-10(14)7-9/h2-8H,1H3,(H3,15,16,18,19)/b6-5+/t8-/m0/s1. The van der Waals surface area contributed by atoms with Crippen LogP contribution < -0.4 is 11.1 Å². The van der Waals surface area contributed by atoms with Crippen molar-refractivity contribution in [3.63, 3.8) is 0 Å². The molecule has 6 nitrogen and oxygen atoms in total. The number of ether oxygens (including phenoxy) is 1. The van der Waals surface area contributed by atoms with E-state index in [9.17, 15) is 14.4 Å². The molecule has 106 valence electrons. The van der Waals surface area contributed by atoms with Gasteiger partial charge in [-0.3, -0.25) is 10.1 Å². The van der Waals surface area contributed by atoms with Crippen LogP contribution in [0, 0.1) is 0 Å². The van der Waals surface area contributed by atoms with Crippen molar-refractivity contribution in [1.82, 2.24) is 5.32 Å². The molecule has 0 aromatic heterocycles. The van der Waals surface area contributed by atoms with Crippen molar-refractivity contribution in [1.29, 1.82) is 0 Å². The number of nitrogens with two attached hydrogens (primary N) is 1. The summed E-state index contributed by atoms with van der Waals surface area (Å²) in [5.74, 6) is -1.51. The Balaban J connectivity index is 2.55. The Labute approximate surface area is 120 Å². The van der Waals surface area contributed by atoms with E-state index < -0.39 is 24.0 Å². The largest absolute Gasteiger partial charge is 0.449 e. The Morgan fingerprint density at radius 1 is 1.40 bits per heavy atom. The SMILES string of the molecule is C[C@H](OC(=O)/C=C/c1cccc(Cl)c1)C(=O)NC(N)=O. The van der Waals surface area contributed by atoms with Gasteiger partial charge in [-0.25, -0.2) is 9.59 Å². The van der Waals surface area contributed by atoms with Crippen LogP contribution in [0.1, 0.15) is 12.5 Å². The monoisotopic (exact) mass is 296 g/mol. The molecule has 1 rings (SSSR count). The Hall–Kier alpha value is -2.34. The molecular formula is C13H13ClN2O4. The number of hydrogen-bond acceptors (Lipinski definition) is 4. The summed E-state index contributed by atoms with van der Waals surface area (Å²) in [6, 6.07) is 5.84. The molecule has 0 fully saturated rings. The van der Waals surface area contributed by atoms with Gasteiger partial charge in [0.25, 0.3) is 5.91 Å². The lowest BCUT2D eigenvalue weighted by atomic mass is 10.2. The van der Waals surface area contributed by atoms with E-state index in [0.29, 0.717) is 10.6 Å². The molecule has 0 aliphatic carbocycles. The molecule has 3 N–H and O–H groups in total.